The molecule has 2 saturated heterocycles. The van der Waals surface area contributed by atoms with Gasteiger partial charge in [0.1, 0.15) is 0 Å². The van der Waals surface area contributed by atoms with Gasteiger partial charge in [-0.2, -0.15) is 0 Å². The van der Waals surface area contributed by atoms with Gasteiger partial charge in [0.15, 0.2) is 5.54 Å². The molecule has 1 N–H and O–H groups in total. The van der Waals surface area contributed by atoms with Crippen molar-refractivity contribution in [1.82, 2.24) is 5.32 Å². The normalized spacial score (nSPS) is 26.0. The van der Waals surface area contributed by atoms with E-state index in [2.05, 4.69) is 5.32 Å². The SMILES string of the molecule is COC(=O)[C@]1(c2ccccc2)N[C@@H](c2cccc(Cl)c2)[C@@H]2C(=O)N(c3ccc(Cl)cc3)C(=O)[C@@H]21. The van der Waals surface area contributed by atoms with Crippen molar-refractivity contribution >= 4 is 46.7 Å². The number of carbonyl (C=O) groups excluding carboxylic acids is 3. The first-order chi connectivity index (χ1) is 16.4. The number of anilines is 1. The van der Waals surface area contributed by atoms with E-state index < -0.39 is 41.2 Å². The Morgan fingerprint density at radius 2 is 1.62 bits per heavy atom. The minimum Gasteiger partial charge on any atom is -0.467 e. The first-order valence-electron chi connectivity index (χ1n) is 10.7. The summed E-state index contributed by atoms with van der Waals surface area (Å²) in [7, 11) is 1.27. The highest BCUT2D eigenvalue weighted by Gasteiger charge is 2.69. The van der Waals surface area contributed by atoms with E-state index >= 15 is 0 Å². The summed E-state index contributed by atoms with van der Waals surface area (Å²) in [6.45, 7) is 0. The molecule has 0 spiro atoms. The summed E-state index contributed by atoms with van der Waals surface area (Å²) >= 11 is 12.3. The second kappa shape index (κ2) is 8.55. The summed E-state index contributed by atoms with van der Waals surface area (Å²) in [5.74, 6) is -3.42. The molecule has 2 aliphatic heterocycles. The maximum absolute atomic E-state index is 13.9. The van der Waals surface area contributed by atoms with Gasteiger partial charge in [0, 0.05) is 16.1 Å². The smallest absolute Gasteiger partial charge is 0.331 e. The zero-order chi connectivity index (χ0) is 24.0. The molecule has 0 radical (unpaired) electrons. The van der Waals surface area contributed by atoms with Crippen LogP contribution in [0.15, 0.2) is 78.9 Å². The number of ether oxygens (including phenoxy) is 1. The summed E-state index contributed by atoms with van der Waals surface area (Å²) in [6, 6.07) is 21.7. The Kier molecular flexibility index (Phi) is 5.68. The minimum atomic E-state index is -1.57. The fourth-order valence-electron chi connectivity index (χ4n) is 5.17. The zero-order valence-electron chi connectivity index (χ0n) is 18.1. The number of benzene rings is 3. The molecule has 0 bridgehead atoms. The summed E-state index contributed by atoms with van der Waals surface area (Å²) in [4.78, 5) is 42.4. The third kappa shape index (κ3) is 3.33. The molecule has 5 rings (SSSR count). The molecule has 2 aliphatic rings. The zero-order valence-corrected chi connectivity index (χ0v) is 19.6. The molecule has 3 aromatic carbocycles. The van der Waals surface area contributed by atoms with Crippen LogP contribution in [-0.2, 0) is 24.7 Å². The van der Waals surface area contributed by atoms with E-state index in [1.165, 1.54) is 7.11 Å². The van der Waals surface area contributed by atoms with Crippen molar-refractivity contribution < 1.29 is 19.1 Å². The van der Waals surface area contributed by atoms with Crippen LogP contribution in [0.5, 0.6) is 0 Å². The van der Waals surface area contributed by atoms with Crippen molar-refractivity contribution in [2.45, 2.75) is 11.6 Å². The molecular formula is C26H20Cl2N2O4. The number of imide groups is 1. The Hall–Kier alpha value is -3.19. The van der Waals surface area contributed by atoms with Crippen LogP contribution in [0.1, 0.15) is 17.2 Å². The van der Waals surface area contributed by atoms with E-state index in [9.17, 15) is 14.4 Å². The van der Waals surface area contributed by atoms with E-state index in [1.54, 1.807) is 66.7 Å². The van der Waals surface area contributed by atoms with Crippen LogP contribution in [0.2, 0.25) is 10.0 Å². The quantitative estimate of drug-likeness (QED) is 0.426. The highest BCUT2D eigenvalue weighted by Crippen LogP contribution is 2.54. The van der Waals surface area contributed by atoms with Gasteiger partial charge in [0.2, 0.25) is 11.8 Å². The van der Waals surface area contributed by atoms with Gasteiger partial charge in [-0.25, -0.2) is 9.69 Å². The van der Waals surface area contributed by atoms with Crippen molar-refractivity contribution in [2.75, 3.05) is 12.0 Å². The number of fused-ring (bicyclic) bond motifs is 1. The highest BCUT2D eigenvalue weighted by atomic mass is 35.5. The third-order valence-electron chi connectivity index (χ3n) is 6.59. The number of rotatable bonds is 4. The topological polar surface area (TPSA) is 75.7 Å². The van der Waals surface area contributed by atoms with Crippen molar-refractivity contribution in [2.24, 2.45) is 11.8 Å². The molecule has 34 heavy (non-hydrogen) atoms. The maximum atomic E-state index is 13.9. The predicted molar refractivity (Wildman–Crippen MR) is 128 cm³/mol. The molecule has 172 valence electrons. The minimum absolute atomic E-state index is 0.394. The Morgan fingerprint density at radius 3 is 2.26 bits per heavy atom. The van der Waals surface area contributed by atoms with Gasteiger partial charge in [-0.15, -0.1) is 0 Å². The monoisotopic (exact) mass is 494 g/mol. The van der Waals surface area contributed by atoms with E-state index in [4.69, 9.17) is 27.9 Å². The number of amides is 2. The maximum Gasteiger partial charge on any atom is 0.331 e. The lowest BCUT2D eigenvalue weighted by molar-refractivity contribution is -0.152. The van der Waals surface area contributed by atoms with Crippen LogP contribution in [0, 0.1) is 11.8 Å². The molecule has 2 heterocycles. The Bertz CT molecular complexity index is 1280. The van der Waals surface area contributed by atoms with Gasteiger partial charge < -0.3 is 4.74 Å². The van der Waals surface area contributed by atoms with Gasteiger partial charge in [0.25, 0.3) is 0 Å². The molecule has 0 unspecified atom stereocenters. The van der Waals surface area contributed by atoms with Crippen LogP contribution < -0.4 is 10.2 Å². The first kappa shape index (κ1) is 22.6. The fourth-order valence-corrected chi connectivity index (χ4v) is 5.50. The average molecular weight is 495 g/mol. The average Bonchev–Trinajstić information content (AvgIpc) is 3.34. The number of carbonyl (C=O) groups is 3. The number of methoxy groups -OCH3 is 1. The fraction of sp³-hybridized carbons (Fsp3) is 0.192. The van der Waals surface area contributed by atoms with Gasteiger partial charge in [-0.3, -0.25) is 14.9 Å². The van der Waals surface area contributed by atoms with Crippen LogP contribution in [0.3, 0.4) is 0 Å². The van der Waals surface area contributed by atoms with Crippen LogP contribution in [0.4, 0.5) is 5.69 Å². The number of nitrogens with one attached hydrogen (secondary N) is 1. The van der Waals surface area contributed by atoms with Gasteiger partial charge in [-0.1, -0.05) is 65.7 Å². The van der Waals surface area contributed by atoms with Crippen molar-refractivity contribution in [3.05, 3.63) is 100 Å². The molecule has 6 nitrogen and oxygen atoms in total. The van der Waals surface area contributed by atoms with Crippen molar-refractivity contribution in [3.63, 3.8) is 0 Å². The van der Waals surface area contributed by atoms with Gasteiger partial charge >= 0.3 is 5.97 Å². The number of halogens is 2. The van der Waals surface area contributed by atoms with Gasteiger partial charge in [0.05, 0.1) is 24.6 Å². The van der Waals surface area contributed by atoms with Gasteiger partial charge in [-0.05, 0) is 47.5 Å². The molecule has 8 heteroatoms. The van der Waals surface area contributed by atoms with E-state index in [0.29, 0.717) is 26.9 Å². The Morgan fingerprint density at radius 1 is 0.912 bits per heavy atom. The first-order valence-corrected chi connectivity index (χ1v) is 11.4. The lowest BCUT2D eigenvalue weighted by Gasteiger charge is -2.33. The number of esters is 1. The third-order valence-corrected chi connectivity index (χ3v) is 7.08. The summed E-state index contributed by atoms with van der Waals surface area (Å²) in [6.07, 6.45) is 0. The standard InChI is InChI=1S/C26H20Cl2N2O4/c1-34-25(33)26(16-7-3-2-4-8-16)21-20(22(29-26)15-6-5-9-18(28)14-15)23(31)30(24(21)32)19-12-10-17(27)11-13-19/h2-14,20-22,29H,1H3/t20-,21-,22+,26-/m1/s1. The largest absolute Gasteiger partial charge is 0.467 e. The lowest BCUT2D eigenvalue weighted by atomic mass is 9.75. The summed E-state index contributed by atoms with van der Waals surface area (Å²) < 4.78 is 5.22. The molecule has 0 aromatic heterocycles. The molecular weight excluding hydrogens is 475 g/mol. The second-order valence-corrected chi connectivity index (χ2v) is 9.21. The molecule has 0 saturated carbocycles. The number of hydrogen-bond donors (Lipinski definition) is 1. The van der Waals surface area contributed by atoms with Crippen LogP contribution in [0.25, 0.3) is 0 Å². The van der Waals surface area contributed by atoms with E-state index in [0.717, 1.165) is 4.90 Å². The highest BCUT2D eigenvalue weighted by molar-refractivity contribution is 6.31. The molecule has 0 aliphatic carbocycles. The second-order valence-electron chi connectivity index (χ2n) is 8.33. The summed E-state index contributed by atoms with van der Waals surface area (Å²) in [5, 5.41) is 4.30. The van der Waals surface area contributed by atoms with E-state index in [-0.39, 0.29) is 0 Å². The lowest BCUT2D eigenvalue weighted by Crippen LogP contribution is -2.53. The van der Waals surface area contributed by atoms with E-state index in [1.807, 2.05) is 12.1 Å². The van der Waals surface area contributed by atoms with Crippen LogP contribution >= 0.6 is 23.2 Å². The Labute approximate surface area is 206 Å². The molecule has 4 atom stereocenters. The Balaban J connectivity index is 1.73. The number of hydrogen-bond acceptors (Lipinski definition) is 5. The molecule has 3 aromatic rings. The summed E-state index contributed by atoms with van der Waals surface area (Å²) in [5.41, 5.74) is 0.0657. The van der Waals surface area contributed by atoms with Crippen molar-refractivity contribution in [3.8, 4) is 0 Å². The number of nitrogens with zero attached hydrogens (tertiary/aromatic N) is 1. The molecule has 2 fully saturated rings. The predicted octanol–water partition coefficient (Wildman–Crippen LogP) is 4.51. The van der Waals surface area contributed by atoms with Crippen LogP contribution in [-0.4, -0.2) is 24.9 Å². The van der Waals surface area contributed by atoms with Crippen molar-refractivity contribution in [1.29, 1.82) is 0 Å². The molecule has 2 amide bonds.